The lowest BCUT2D eigenvalue weighted by Gasteiger charge is -2.16. The first-order valence-corrected chi connectivity index (χ1v) is 8.31. The predicted octanol–water partition coefficient (Wildman–Crippen LogP) is 3.48. The van der Waals surface area contributed by atoms with Crippen LogP contribution in [0.3, 0.4) is 0 Å². The Hall–Kier alpha value is -2.64. The number of aromatic nitrogens is 2. The molecule has 1 amide bonds. The molecular weight excluding hydrogens is 347 g/mol. The van der Waals surface area contributed by atoms with Crippen molar-refractivity contribution < 1.29 is 18.0 Å². The van der Waals surface area contributed by atoms with E-state index in [4.69, 9.17) is 0 Å². The molecule has 1 N–H and O–H groups in total. The highest BCUT2D eigenvalue weighted by molar-refractivity contribution is 5.92. The van der Waals surface area contributed by atoms with Crippen LogP contribution in [0.25, 0.3) is 5.69 Å². The first-order chi connectivity index (χ1) is 12.3. The lowest BCUT2D eigenvalue weighted by Crippen LogP contribution is -2.32. The van der Waals surface area contributed by atoms with Gasteiger partial charge in [0.1, 0.15) is 0 Å². The highest BCUT2D eigenvalue weighted by atomic mass is 19.4. The van der Waals surface area contributed by atoms with Crippen molar-refractivity contribution in [2.45, 2.75) is 39.3 Å². The van der Waals surface area contributed by atoms with Gasteiger partial charge in [-0.05, 0) is 25.5 Å². The van der Waals surface area contributed by atoms with Crippen LogP contribution in [0.2, 0.25) is 0 Å². The summed E-state index contributed by atoms with van der Waals surface area (Å²) in [4.78, 5) is 24.3. The minimum Gasteiger partial charge on any atom is -0.351 e. The third-order valence-electron chi connectivity index (χ3n) is 3.83. The molecule has 0 fully saturated rings. The van der Waals surface area contributed by atoms with Crippen molar-refractivity contribution >= 4 is 5.91 Å². The molecule has 0 atom stereocenters. The number of unbranched alkanes of at least 4 members (excludes halogenated alkanes) is 2. The monoisotopic (exact) mass is 367 g/mol. The maximum Gasteiger partial charge on any atom is 0.418 e. The second-order valence-corrected chi connectivity index (χ2v) is 5.89. The number of hydrogen-bond acceptors (Lipinski definition) is 3. The second-order valence-electron chi connectivity index (χ2n) is 5.89. The minimum atomic E-state index is -4.59. The van der Waals surface area contributed by atoms with E-state index in [0.29, 0.717) is 6.54 Å². The second kappa shape index (κ2) is 8.16. The molecule has 5 nitrogen and oxygen atoms in total. The molecule has 0 aliphatic rings. The molecule has 0 saturated heterocycles. The highest BCUT2D eigenvalue weighted by Crippen LogP contribution is 2.33. The molecule has 0 aliphatic carbocycles. The molecule has 2 aromatic rings. The van der Waals surface area contributed by atoms with Crippen molar-refractivity contribution in [3.63, 3.8) is 0 Å². The molecule has 1 aromatic heterocycles. The van der Waals surface area contributed by atoms with Crippen LogP contribution < -0.4 is 10.7 Å². The summed E-state index contributed by atoms with van der Waals surface area (Å²) >= 11 is 0. The van der Waals surface area contributed by atoms with Crippen molar-refractivity contribution in [1.29, 1.82) is 0 Å². The van der Waals surface area contributed by atoms with E-state index in [1.165, 1.54) is 25.1 Å². The Morgan fingerprint density at radius 1 is 1.23 bits per heavy atom. The number of benzene rings is 1. The summed E-state index contributed by atoms with van der Waals surface area (Å²) in [6.07, 6.45) is -1.94. The molecule has 0 saturated carbocycles. The molecular formula is C18H20F3N3O2. The quantitative estimate of drug-likeness (QED) is 0.795. The Morgan fingerprint density at radius 2 is 1.92 bits per heavy atom. The number of carbonyl (C=O) groups excluding carboxylic acids is 1. The van der Waals surface area contributed by atoms with E-state index in [0.717, 1.165) is 36.1 Å². The number of hydrogen-bond donors (Lipinski definition) is 1. The van der Waals surface area contributed by atoms with Crippen LogP contribution >= 0.6 is 0 Å². The topological polar surface area (TPSA) is 64.0 Å². The summed E-state index contributed by atoms with van der Waals surface area (Å²) in [5.41, 5.74) is -1.99. The lowest BCUT2D eigenvalue weighted by atomic mass is 10.1. The number of nitrogens with one attached hydrogen (secondary N) is 1. The zero-order valence-electron chi connectivity index (χ0n) is 14.6. The van der Waals surface area contributed by atoms with Crippen molar-refractivity contribution in [3.05, 3.63) is 57.5 Å². The van der Waals surface area contributed by atoms with Crippen molar-refractivity contribution in [3.8, 4) is 5.69 Å². The van der Waals surface area contributed by atoms with E-state index in [9.17, 15) is 22.8 Å². The summed E-state index contributed by atoms with van der Waals surface area (Å²) in [5, 5.41) is 6.49. The Kier molecular flexibility index (Phi) is 6.18. The van der Waals surface area contributed by atoms with Gasteiger partial charge in [-0.15, -0.1) is 0 Å². The number of para-hydroxylation sites is 1. The van der Waals surface area contributed by atoms with Gasteiger partial charge >= 0.3 is 6.18 Å². The average Bonchev–Trinajstić information content (AvgIpc) is 2.58. The minimum absolute atomic E-state index is 0.203. The smallest absolute Gasteiger partial charge is 0.351 e. The molecule has 26 heavy (non-hydrogen) atoms. The molecule has 0 radical (unpaired) electrons. The van der Waals surface area contributed by atoms with Gasteiger partial charge in [0.15, 0.2) is 5.69 Å². The normalized spacial score (nSPS) is 11.4. The first-order valence-electron chi connectivity index (χ1n) is 8.31. The van der Waals surface area contributed by atoms with Crippen LogP contribution in [-0.4, -0.2) is 22.2 Å². The van der Waals surface area contributed by atoms with Crippen molar-refractivity contribution in [2.75, 3.05) is 6.54 Å². The van der Waals surface area contributed by atoms with Gasteiger partial charge in [0, 0.05) is 18.3 Å². The van der Waals surface area contributed by atoms with E-state index in [2.05, 4.69) is 10.4 Å². The van der Waals surface area contributed by atoms with E-state index in [1.54, 1.807) is 0 Å². The van der Waals surface area contributed by atoms with Gasteiger partial charge in [0.2, 0.25) is 5.43 Å². The number of amides is 1. The summed E-state index contributed by atoms with van der Waals surface area (Å²) in [7, 11) is 0. The van der Waals surface area contributed by atoms with Crippen molar-refractivity contribution in [1.82, 2.24) is 15.1 Å². The van der Waals surface area contributed by atoms with Crippen LogP contribution in [0.4, 0.5) is 13.2 Å². The number of nitrogens with zero attached hydrogens (tertiary/aromatic N) is 2. The summed E-state index contributed by atoms with van der Waals surface area (Å²) < 4.78 is 40.8. The van der Waals surface area contributed by atoms with Gasteiger partial charge in [0.25, 0.3) is 5.91 Å². The fraction of sp³-hybridized carbons (Fsp3) is 0.389. The van der Waals surface area contributed by atoms with Gasteiger partial charge in [-0.3, -0.25) is 9.59 Å². The van der Waals surface area contributed by atoms with Crippen LogP contribution in [0.5, 0.6) is 0 Å². The molecule has 140 valence electrons. The summed E-state index contributed by atoms with van der Waals surface area (Å²) in [6.45, 7) is 3.85. The number of aryl methyl sites for hydroxylation is 1. The standard InChI is InChI=1S/C18H20F3N3O2/c1-3-4-7-10-22-17(26)16-15(25)11-12(2)24(23-16)14-9-6-5-8-13(14)18(19,20)21/h5-6,8-9,11H,3-4,7,10H2,1-2H3,(H,22,26). The molecule has 8 heteroatoms. The van der Waals surface area contributed by atoms with E-state index >= 15 is 0 Å². The largest absolute Gasteiger partial charge is 0.418 e. The van der Waals surface area contributed by atoms with Gasteiger partial charge in [0.05, 0.1) is 11.3 Å². The fourth-order valence-corrected chi connectivity index (χ4v) is 2.51. The molecule has 1 heterocycles. The number of rotatable bonds is 6. The van der Waals surface area contributed by atoms with Gasteiger partial charge in [-0.2, -0.15) is 18.3 Å². The molecule has 0 bridgehead atoms. The molecule has 0 aliphatic heterocycles. The molecule has 1 aromatic carbocycles. The first kappa shape index (κ1) is 19.7. The zero-order chi connectivity index (χ0) is 19.3. The van der Waals surface area contributed by atoms with Gasteiger partial charge < -0.3 is 5.32 Å². The molecule has 0 unspecified atom stereocenters. The summed E-state index contributed by atoms with van der Waals surface area (Å²) in [6, 6.07) is 6.00. The van der Waals surface area contributed by atoms with Crippen LogP contribution in [0.1, 0.15) is 47.9 Å². The third-order valence-corrected chi connectivity index (χ3v) is 3.83. The predicted molar refractivity (Wildman–Crippen MR) is 91.4 cm³/mol. The van der Waals surface area contributed by atoms with Crippen molar-refractivity contribution in [2.24, 2.45) is 0 Å². The Labute approximate surface area is 148 Å². The number of halogens is 3. The van der Waals surface area contributed by atoms with Gasteiger partial charge in [-0.25, -0.2) is 4.68 Å². The van der Waals surface area contributed by atoms with E-state index in [-0.39, 0.29) is 11.4 Å². The van der Waals surface area contributed by atoms with E-state index in [1.807, 2.05) is 6.92 Å². The summed E-state index contributed by atoms with van der Waals surface area (Å²) in [5.74, 6) is -0.690. The maximum absolute atomic E-state index is 13.3. The van der Waals surface area contributed by atoms with Crippen LogP contribution in [0.15, 0.2) is 35.1 Å². The van der Waals surface area contributed by atoms with Gasteiger partial charge in [-0.1, -0.05) is 31.9 Å². The number of alkyl halides is 3. The Balaban J connectivity index is 2.44. The van der Waals surface area contributed by atoms with E-state index < -0.39 is 28.8 Å². The Bertz CT molecular complexity index is 844. The van der Waals surface area contributed by atoms with Crippen LogP contribution in [0, 0.1) is 6.92 Å². The lowest BCUT2D eigenvalue weighted by molar-refractivity contribution is -0.137. The number of carbonyl (C=O) groups is 1. The molecule has 0 spiro atoms. The SMILES string of the molecule is CCCCCNC(=O)c1nn(-c2ccccc2C(F)(F)F)c(C)cc1=O. The maximum atomic E-state index is 13.3. The fourth-order valence-electron chi connectivity index (χ4n) is 2.51. The zero-order valence-corrected chi connectivity index (χ0v) is 14.6. The Morgan fingerprint density at radius 3 is 2.58 bits per heavy atom. The van der Waals surface area contributed by atoms with Crippen LogP contribution in [-0.2, 0) is 6.18 Å². The third kappa shape index (κ3) is 4.50. The average molecular weight is 367 g/mol. The molecule has 2 rings (SSSR count). The highest BCUT2D eigenvalue weighted by Gasteiger charge is 2.34.